The zero-order chi connectivity index (χ0) is 18.7. The number of amides is 2. The number of aromatic nitrogens is 1. The quantitative estimate of drug-likeness (QED) is 0.678. The molecular weight excluding hydrogens is 343 g/mol. The Morgan fingerprint density at radius 3 is 2.92 bits per heavy atom. The second kappa shape index (κ2) is 7.54. The Bertz CT molecular complexity index is 823. The average Bonchev–Trinajstić information content (AvgIpc) is 3.20. The van der Waals surface area contributed by atoms with Crippen LogP contribution in [0.4, 0.5) is 14.9 Å². The molecule has 1 fully saturated rings. The van der Waals surface area contributed by atoms with Gasteiger partial charge in [-0.15, -0.1) is 0 Å². The first-order chi connectivity index (χ1) is 12.5. The topological polar surface area (TPSA) is 95.8 Å². The van der Waals surface area contributed by atoms with Gasteiger partial charge < -0.3 is 19.8 Å². The number of halogens is 1. The van der Waals surface area contributed by atoms with Gasteiger partial charge in [-0.3, -0.25) is 9.69 Å². The van der Waals surface area contributed by atoms with E-state index in [-0.39, 0.29) is 25.5 Å². The van der Waals surface area contributed by atoms with Gasteiger partial charge >= 0.3 is 6.09 Å². The van der Waals surface area contributed by atoms with Gasteiger partial charge in [0.15, 0.2) is 0 Å². The molecule has 0 bridgehead atoms. The number of carbonyl (C=O) groups is 2. The van der Waals surface area contributed by atoms with E-state index in [1.54, 1.807) is 35.2 Å². The summed E-state index contributed by atoms with van der Waals surface area (Å²) in [5.74, 6) is -0.711. The van der Waals surface area contributed by atoms with Crippen molar-refractivity contribution in [3.8, 4) is 5.69 Å². The molecule has 1 aliphatic heterocycles. The summed E-state index contributed by atoms with van der Waals surface area (Å²) in [6, 6.07) is 6.21. The van der Waals surface area contributed by atoms with E-state index in [1.165, 1.54) is 17.9 Å². The van der Waals surface area contributed by atoms with Crippen molar-refractivity contribution in [3.05, 3.63) is 48.0 Å². The summed E-state index contributed by atoms with van der Waals surface area (Å²) in [6.45, 7) is 2.07. The first kappa shape index (κ1) is 17.9. The first-order valence-corrected chi connectivity index (χ1v) is 8.04. The van der Waals surface area contributed by atoms with Crippen molar-refractivity contribution in [1.82, 2.24) is 15.4 Å². The van der Waals surface area contributed by atoms with Gasteiger partial charge in [0.1, 0.15) is 11.9 Å². The second-order valence-corrected chi connectivity index (χ2v) is 5.95. The lowest BCUT2D eigenvalue weighted by Crippen LogP contribution is -2.33. The summed E-state index contributed by atoms with van der Waals surface area (Å²) in [4.78, 5) is 24.3. The fourth-order valence-corrected chi connectivity index (χ4v) is 2.76. The SMILES string of the molecule is CC(=O)NC[C@H]1CN(c2ccc(-n3ccc(CNO)c3)c(F)c2)C(=O)O1. The average molecular weight is 362 g/mol. The number of cyclic esters (lactones) is 1. The number of nitrogens with zero attached hydrogens (tertiary/aromatic N) is 2. The maximum absolute atomic E-state index is 14.5. The minimum absolute atomic E-state index is 0.211. The molecule has 3 rings (SSSR count). The molecule has 1 atom stereocenters. The highest BCUT2D eigenvalue weighted by atomic mass is 19.1. The molecule has 1 aromatic heterocycles. The van der Waals surface area contributed by atoms with Crippen LogP contribution >= 0.6 is 0 Å². The standard InChI is InChI=1S/C17H19FN4O4/c1-11(23)19-8-14-10-22(17(24)26-14)13-2-3-16(15(18)6-13)21-5-4-12(9-21)7-20-25/h2-6,9,14,20,25H,7-8,10H2,1H3,(H,19,23)/t14-/m0/s1. The minimum atomic E-state index is -0.579. The highest BCUT2D eigenvalue weighted by molar-refractivity contribution is 5.90. The zero-order valence-corrected chi connectivity index (χ0v) is 14.1. The molecule has 2 amide bonds. The summed E-state index contributed by atoms with van der Waals surface area (Å²) in [5, 5.41) is 11.3. The predicted molar refractivity (Wildman–Crippen MR) is 90.7 cm³/mol. The van der Waals surface area contributed by atoms with Crippen LogP contribution in [0.15, 0.2) is 36.7 Å². The lowest BCUT2D eigenvalue weighted by Gasteiger charge is -2.14. The Morgan fingerprint density at radius 2 is 2.23 bits per heavy atom. The molecule has 1 aliphatic rings. The van der Waals surface area contributed by atoms with Crippen molar-refractivity contribution in [2.75, 3.05) is 18.0 Å². The Labute approximate surface area is 149 Å². The number of hydroxylamine groups is 1. The van der Waals surface area contributed by atoms with E-state index in [2.05, 4.69) is 5.32 Å². The summed E-state index contributed by atoms with van der Waals surface area (Å²) in [7, 11) is 0. The molecule has 26 heavy (non-hydrogen) atoms. The Balaban J connectivity index is 1.74. The molecule has 1 aromatic carbocycles. The maximum atomic E-state index is 14.5. The van der Waals surface area contributed by atoms with E-state index in [4.69, 9.17) is 9.94 Å². The second-order valence-electron chi connectivity index (χ2n) is 5.95. The summed E-state index contributed by atoms with van der Waals surface area (Å²) >= 11 is 0. The van der Waals surface area contributed by atoms with Gasteiger partial charge in [0.2, 0.25) is 5.91 Å². The van der Waals surface area contributed by atoms with E-state index in [1.807, 2.05) is 5.48 Å². The Hall–Kier alpha value is -2.91. The van der Waals surface area contributed by atoms with Gasteiger partial charge in [0.25, 0.3) is 0 Å². The van der Waals surface area contributed by atoms with Crippen molar-refractivity contribution < 1.29 is 23.9 Å². The highest BCUT2D eigenvalue weighted by Crippen LogP contribution is 2.25. The third kappa shape index (κ3) is 3.84. The van der Waals surface area contributed by atoms with Gasteiger partial charge in [-0.25, -0.2) is 14.7 Å². The summed E-state index contributed by atoms with van der Waals surface area (Å²) in [5.41, 5.74) is 3.54. The van der Waals surface area contributed by atoms with Gasteiger partial charge in [0.05, 0.1) is 24.5 Å². The number of rotatable bonds is 6. The minimum Gasteiger partial charge on any atom is -0.442 e. The summed E-state index contributed by atoms with van der Waals surface area (Å²) in [6.07, 6.45) is 2.31. The van der Waals surface area contributed by atoms with Crippen molar-refractivity contribution in [3.63, 3.8) is 0 Å². The van der Waals surface area contributed by atoms with Gasteiger partial charge in [-0.05, 0) is 29.8 Å². The first-order valence-electron chi connectivity index (χ1n) is 8.04. The van der Waals surface area contributed by atoms with Crippen LogP contribution in [0.3, 0.4) is 0 Å². The Morgan fingerprint density at radius 1 is 1.42 bits per heavy atom. The molecule has 0 radical (unpaired) electrons. The Kier molecular flexibility index (Phi) is 5.19. The molecule has 2 heterocycles. The van der Waals surface area contributed by atoms with Crippen LogP contribution in [0.25, 0.3) is 5.69 Å². The molecule has 138 valence electrons. The third-order valence-corrected chi connectivity index (χ3v) is 4.01. The molecule has 2 aromatic rings. The van der Waals surface area contributed by atoms with Crippen molar-refractivity contribution in [2.24, 2.45) is 0 Å². The third-order valence-electron chi connectivity index (χ3n) is 4.01. The van der Waals surface area contributed by atoms with Gasteiger partial charge in [0, 0.05) is 25.9 Å². The zero-order valence-electron chi connectivity index (χ0n) is 14.1. The number of anilines is 1. The highest BCUT2D eigenvalue weighted by Gasteiger charge is 2.32. The lowest BCUT2D eigenvalue weighted by molar-refractivity contribution is -0.119. The molecule has 0 spiro atoms. The van der Waals surface area contributed by atoms with Crippen LogP contribution in [-0.4, -0.2) is 41.0 Å². The number of nitrogens with one attached hydrogen (secondary N) is 2. The fourth-order valence-electron chi connectivity index (χ4n) is 2.76. The molecular formula is C17H19FN4O4. The van der Waals surface area contributed by atoms with E-state index in [9.17, 15) is 14.0 Å². The molecule has 9 heteroatoms. The molecule has 0 unspecified atom stereocenters. The van der Waals surface area contributed by atoms with Crippen LogP contribution in [0.5, 0.6) is 0 Å². The van der Waals surface area contributed by atoms with Gasteiger partial charge in [-0.2, -0.15) is 0 Å². The van der Waals surface area contributed by atoms with Crippen LogP contribution in [-0.2, 0) is 16.1 Å². The number of carbonyl (C=O) groups excluding carboxylic acids is 2. The van der Waals surface area contributed by atoms with Crippen molar-refractivity contribution in [2.45, 2.75) is 19.6 Å². The van der Waals surface area contributed by atoms with E-state index in [0.29, 0.717) is 11.4 Å². The molecule has 3 N–H and O–H groups in total. The lowest BCUT2D eigenvalue weighted by atomic mass is 10.2. The number of ether oxygens (including phenoxy) is 1. The van der Waals surface area contributed by atoms with Crippen LogP contribution in [0.1, 0.15) is 12.5 Å². The van der Waals surface area contributed by atoms with E-state index < -0.39 is 18.0 Å². The van der Waals surface area contributed by atoms with Crippen molar-refractivity contribution in [1.29, 1.82) is 0 Å². The molecule has 8 nitrogen and oxygen atoms in total. The molecule has 0 saturated carbocycles. The van der Waals surface area contributed by atoms with Gasteiger partial charge in [-0.1, -0.05) is 0 Å². The van der Waals surface area contributed by atoms with Crippen LogP contribution in [0.2, 0.25) is 0 Å². The molecule has 0 aliphatic carbocycles. The van der Waals surface area contributed by atoms with Crippen LogP contribution < -0.4 is 15.7 Å². The number of hydrogen-bond donors (Lipinski definition) is 3. The monoisotopic (exact) mass is 362 g/mol. The van der Waals surface area contributed by atoms with E-state index >= 15 is 0 Å². The van der Waals surface area contributed by atoms with Crippen molar-refractivity contribution >= 4 is 17.7 Å². The normalized spacial score (nSPS) is 16.7. The summed E-state index contributed by atoms with van der Waals surface area (Å²) < 4.78 is 21.3. The van der Waals surface area contributed by atoms with E-state index in [0.717, 1.165) is 5.56 Å². The van der Waals surface area contributed by atoms with Crippen LogP contribution in [0, 0.1) is 5.82 Å². The molecule has 1 saturated heterocycles. The maximum Gasteiger partial charge on any atom is 0.414 e. The number of hydrogen-bond acceptors (Lipinski definition) is 5. The largest absolute Gasteiger partial charge is 0.442 e. The number of benzene rings is 1. The predicted octanol–water partition coefficient (Wildman–Crippen LogP) is 1.56. The smallest absolute Gasteiger partial charge is 0.414 e. The fraction of sp³-hybridized carbons (Fsp3) is 0.294.